The van der Waals surface area contributed by atoms with Crippen molar-refractivity contribution in [3.05, 3.63) is 24.3 Å². The molecule has 0 radical (unpaired) electrons. The molecule has 0 bridgehead atoms. The molecule has 0 aliphatic rings. The zero-order chi connectivity index (χ0) is 16.7. The van der Waals surface area contributed by atoms with Crippen LogP contribution in [0.4, 0.5) is 5.13 Å². The van der Waals surface area contributed by atoms with Gasteiger partial charge in [-0.25, -0.2) is 0 Å². The number of hydrogen-bond donors (Lipinski definition) is 1. The molecule has 8 heteroatoms. The van der Waals surface area contributed by atoms with Crippen LogP contribution in [0.3, 0.4) is 0 Å². The molecule has 124 valence electrons. The second-order valence-electron chi connectivity index (χ2n) is 4.62. The van der Waals surface area contributed by atoms with E-state index in [-0.39, 0.29) is 5.91 Å². The van der Waals surface area contributed by atoms with E-state index in [2.05, 4.69) is 22.4 Å². The van der Waals surface area contributed by atoms with Crippen LogP contribution in [0.25, 0.3) is 0 Å². The lowest BCUT2D eigenvalue weighted by molar-refractivity contribution is -0.122. The molecule has 1 atom stereocenters. The molecule has 0 aliphatic carbocycles. The minimum atomic E-state index is -0.679. The van der Waals surface area contributed by atoms with E-state index in [9.17, 15) is 4.79 Å². The van der Waals surface area contributed by atoms with Gasteiger partial charge in [-0.05, 0) is 25.5 Å². The van der Waals surface area contributed by atoms with E-state index in [0.717, 1.165) is 16.5 Å². The van der Waals surface area contributed by atoms with Crippen molar-refractivity contribution in [3.63, 3.8) is 0 Å². The van der Waals surface area contributed by atoms with E-state index in [1.807, 2.05) is 12.1 Å². The molecule has 0 fully saturated rings. The zero-order valence-corrected chi connectivity index (χ0v) is 14.9. The molecular formula is C15H19N3O3S2. The van der Waals surface area contributed by atoms with Crippen LogP contribution in [0.1, 0.15) is 20.3 Å². The monoisotopic (exact) mass is 353 g/mol. The number of ether oxygens (including phenoxy) is 2. The summed E-state index contributed by atoms with van der Waals surface area (Å²) in [5, 5.41) is 11.2. The normalized spacial score (nSPS) is 11.8. The molecule has 1 unspecified atom stereocenters. The highest BCUT2D eigenvalue weighted by Crippen LogP contribution is 2.28. The maximum Gasteiger partial charge on any atom is 0.266 e. The fourth-order valence-electron chi connectivity index (χ4n) is 1.68. The van der Waals surface area contributed by atoms with E-state index in [1.54, 1.807) is 37.9 Å². The third kappa shape index (κ3) is 5.11. The first kappa shape index (κ1) is 17.6. The Bertz CT molecular complexity index is 648. The number of anilines is 1. The molecule has 0 spiro atoms. The average molecular weight is 353 g/mol. The fourth-order valence-corrected chi connectivity index (χ4v) is 3.36. The number of amides is 1. The lowest BCUT2D eigenvalue weighted by Gasteiger charge is -2.15. The fraction of sp³-hybridized carbons (Fsp3) is 0.400. The van der Waals surface area contributed by atoms with Crippen molar-refractivity contribution in [2.75, 3.05) is 18.2 Å². The number of methoxy groups -OCH3 is 1. The Morgan fingerprint density at radius 3 is 2.78 bits per heavy atom. The van der Waals surface area contributed by atoms with Crippen molar-refractivity contribution in [1.82, 2.24) is 10.2 Å². The minimum Gasteiger partial charge on any atom is -0.493 e. The molecule has 1 aromatic heterocycles. The third-order valence-corrected chi connectivity index (χ3v) is 4.99. The van der Waals surface area contributed by atoms with Gasteiger partial charge in [0.1, 0.15) is 0 Å². The number of rotatable bonds is 8. The molecule has 0 aliphatic heterocycles. The van der Waals surface area contributed by atoms with Crippen molar-refractivity contribution >= 4 is 34.1 Å². The molecule has 1 N–H and O–H groups in total. The van der Waals surface area contributed by atoms with Crippen molar-refractivity contribution in [2.24, 2.45) is 0 Å². The van der Waals surface area contributed by atoms with E-state index in [4.69, 9.17) is 9.47 Å². The molecule has 1 amide bonds. The third-order valence-electron chi connectivity index (χ3n) is 2.81. The van der Waals surface area contributed by atoms with Crippen LogP contribution in [0, 0.1) is 0 Å². The second kappa shape index (κ2) is 8.73. The van der Waals surface area contributed by atoms with Gasteiger partial charge < -0.3 is 9.47 Å². The van der Waals surface area contributed by atoms with Crippen molar-refractivity contribution in [1.29, 1.82) is 0 Å². The molecular weight excluding hydrogens is 334 g/mol. The average Bonchev–Trinajstić information content (AvgIpc) is 3.00. The number of nitrogens with one attached hydrogen (secondary N) is 1. The van der Waals surface area contributed by atoms with Gasteiger partial charge in [-0.1, -0.05) is 42.2 Å². The smallest absolute Gasteiger partial charge is 0.266 e. The lowest BCUT2D eigenvalue weighted by atomic mass is 10.3. The van der Waals surface area contributed by atoms with Gasteiger partial charge in [0.25, 0.3) is 5.91 Å². The number of thioether (sulfide) groups is 1. The quantitative estimate of drug-likeness (QED) is 0.579. The molecule has 6 nitrogen and oxygen atoms in total. The maximum absolute atomic E-state index is 12.2. The molecule has 1 aromatic carbocycles. The number of carbonyl (C=O) groups is 1. The van der Waals surface area contributed by atoms with Gasteiger partial charge in [0, 0.05) is 5.75 Å². The molecule has 0 saturated carbocycles. The Balaban J connectivity index is 1.93. The van der Waals surface area contributed by atoms with Gasteiger partial charge in [-0.3, -0.25) is 10.1 Å². The standard InChI is InChI=1S/C15H19N3O3S2/c1-4-9-22-15-18-17-14(23-15)16-13(19)10(2)21-12-8-6-5-7-11(12)20-3/h5-8,10H,4,9H2,1-3H3,(H,16,17,19). The maximum atomic E-state index is 12.2. The van der Waals surface area contributed by atoms with E-state index in [0.29, 0.717) is 16.6 Å². The summed E-state index contributed by atoms with van der Waals surface area (Å²) in [5.74, 6) is 1.81. The Morgan fingerprint density at radius 2 is 2.09 bits per heavy atom. The summed E-state index contributed by atoms with van der Waals surface area (Å²) in [4.78, 5) is 12.2. The highest BCUT2D eigenvalue weighted by Gasteiger charge is 2.18. The predicted molar refractivity (Wildman–Crippen MR) is 92.6 cm³/mol. The Hall–Kier alpha value is -1.80. The lowest BCUT2D eigenvalue weighted by Crippen LogP contribution is -2.30. The Labute approximate surface area is 143 Å². The number of para-hydroxylation sites is 2. The number of benzene rings is 1. The van der Waals surface area contributed by atoms with Gasteiger partial charge in [0.15, 0.2) is 21.9 Å². The highest BCUT2D eigenvalue weighted by atomic mass is 32.2. The van der Waals surface area contributed by atoms with Gasteiger partial charge in [-0.2, -0.15) is 0 Å². The van der Waals surface area contributed by atoms with E-state index in [1.165, 1.54) is 11.3 Å². The Kier molecular flexibility index (Phi) is 6.66. The van der Waals surface area contributed by atoms with Crippen LogP contribution in [0.15, 0.2) is 28.6 Å². The summed E-state index contributed by atoms with van der Waals surface area (Å²) < 4.78 is 11.7. The molecule has 2 aromatic rings. The summed E-state index contributed by atoms with van der Waals surface area (Å²) in [7, 11) is 1.56. The number of aromatic nitrogens is 2. The highest BCUT2D eigenvalue weighted by molar-refractivity contribution is 8.01. The summed E-state index contributed by atoms with van der Waals surface area (Å²) in [6, 6.07) is 7.20. The van der Waals surface area contributed by atoms with E-state index >= 15 is 0 Å². The molecule has 23 heavy (non-hydrogen) atoms. The number of hydrogen-bond acceptors (Lipinski definition) is 7. The zero-order valence-electron chi connectivity index (χ0n) is 13.2. The molecule has 2 rings (SSSR count). The van der Waals surface area contributed by atoms with Crippen molar-refractivity contribution < 1.29 is 14.3 Å². The number of nitrogens with zero attached hydrogens (tertiary/aromatic N) is 2. The van der Waals surface area contributed by atoms with Gasteiger partial charge in [0.05, 0.1) is 7.11 Å². The van der Waals surface area contributed by atoms with Crippen LogP contribution in [0.2, 0.25) is 0 Å². The van der Waals surface area contributed by atoms with Gasteiger partial charge in [-0.15, -0.1) is 10.2 Å². The summed E-state index contributed by atoms with van der Waals surface area (Å²) in [5.41, 5.74) is 0. The first-order chi connectivity index (χ1) is 11.1. The van der Waals surface area contributed by atoms with Crippen LogP contribution < -0.4 is 14.8 Å². The van der Waals surface area contributed by atoms with Gasteiger partial charge in [0.2, 0.25) is 5.13 Å². The number of carbonyl (C=O) groups excluding carboxylic acids is 1. The SMILES string of the molecule is CCCSc1nnc(NC(=O)C(C)Oc2ccccc2OC)s1. The van der Waals surface area contributed by atoms with Crippen molar-refractivity contribution in [2.45, 2.75) is 30.7 Å². The van der Waals surface area contributed by atoms with Crippen LogP contribution in [0.5, 0.6) is 11.5 Å². The first-order valence-corrected chi connectivity index (χ1v) is 9.01. The first-order valence-electron chi connectivity index (χ1n) is 7.21. The summed E-state index contributed by atoms with van der Waals surface area (Å²) in [6.45, 7) is 3.78. The Morgan fingerprint density at radius 1 is 1.35 bits per heavy atom. The van der Waals surface area contributed by atoms with Crippen molar-refractivity contribution in [3.8, 4) is 11.5 Å². The summed E-state index contributed by atoms with van der Waals surface area (Å²) in [6.07, 6.45) is 0.386. The molecule has 0 saturated heterocycles. The minimum absolute atomic E-state index is 0.279. The second-order valence-corrected chi connectivity index (χ2v) is 6.94. The summed E-state index contributed by atoms with van der Waals surface area (Å²) >= 11 is 2.99. The van der Waals surface area contributed by atoms with Gasteiger partial charge >= 0.3 is 0 Å². The van der Waals surface area contributed by atoms with Crippen LogP contribution >= 0.6 is 23.1 Å². The predicted octanol–water partition coefficient (Wildman–Crippen LogP) is 3.45. The van der Waals surface area contributed by atoms with E-state index < -0.39 is 6.10 Å². The van der Waals surface area contributed by atoms with Crippen LogP contribution in [-0.2, 0) is 4.79 Å². The van der Waals surface area contributed by atoms with Crippen LogP contribution in [-0.4, -0.2) is 35.1 Å². The topological polar surface area (TPSA) is 73.3 Å². The largest absolute Gasteiger partial charge is 0.493 e. The molecule has 1 heterocycles.